The summed E-state index contributed by atoms with van der Waals surface area (Å²) in [7, 11) is 0. The van der Waals surface area contributed by atoms with E-state index in [2.05, 4.69) is 57.2 Å². The molecule has 1 aromatic rings. The molecule has 4 heteroatoms. The largest absolute Gasteiger partial charge is 0.370 e. The van der Waals surface area contributed by atoms with Crippen molar-refractivity contribution < 1.29 is 0 Å². The maximum atomic E-state index is 4.69. The highest BCUT2D eigenvalue weighted by molar-refractivity contribution is 5.48. The summed E-state index contributed by atoms with van der Waals surface area (Å²) in [5.41, 5.74) is -0.0483. The lowest BCUT2D eigenvalue weighted by Crippen LogP contribution is -2.21. The minimum Gasteiger partial charge on any atom is -0.370 e. The Morgan fingerprint density at radius 1 is 1.10 bits per heavy atom. The van der Waals surface area contributed by atoms with Gasteiger partial charge in [-0.2, -0.15) is 0 Å². The number of hydrogen-bond acceptors (Lipinski definition) is 4. The zero-order valence-corrected chi connectivity index (χ0v) is 14.6. The summed E-state index contributed by atoms with van der Waals surface area (Å²) in [6, 6.07) is 2.45. The van der Waals surface area contributed by atoms with E-state index in [0.29, 0.717) is 6.04 Å². The van der Waals surface area contributed by atoms with Gasteiger partial charge in [-0.15, -0.1) is 0 Å². The molecule has 0 aliphatic rings. The van der Waals surface area contributed by atoms with Crippen LogP contribution in [0.4, 0.5) is 11.6 Å². The third kappa shape index (κ3) is 6.32. The van der Waals surface area contributed by atoms with E-state index in [9.17, 15) is 0 Å². The van der Waals surface area contributed by atoms with Gasteiger partial charge in [0, 0.05) is 24.1 Å². The quantitative estimate of drug-likeness (QED) is 0.688. The first-order chi connectivity index (χ1) is 9.86. The minimum absolute atomic E-state index is 0.0483. The normalized spacial score (nSPS) is 13.0. The molecule has 0 aliphatic heterocycles. The van der Waals surface area contributed by atoms with Crippen molar-refractivity contribution in [2.75, 3.05) is 17.2 Å². The molecule has 0 amide bonds. The van der Waals surface area contributed by atoms with Crippen molar-refractivity contribution >= 4 is 11.6 Å². The van der Waals surface area contributed by atoms with Crippen LogP contribution in [0.25, 0.3) is 0 Å². The van der Waals surface area contributed by atoms with Gasteiger partial charge < -0.3 is 10.6 Å². The van der Waals surface area contributed by atoms with Gasteiger partial charge in [0.15, 0.2) is 0 Å². The molecule has 1 atom stereocenters. The third-order valence-corrected chi connectivity index (χ3v) is 3.39. The second-order valence-corrected chi connectivity index (χ2v) is 6.78. The van der Waals surface area contributed by atoms with Crippen LogP contribution in [0.5, 0.6) is 0 Å². The monoisotopic (exact) mass is 292 g/mol. The van der Waals surface area contributed by atoms with Gasteiger partial charge in [0.25, 0.3) is 0 Å². The summed E-state index contributed by atoms with van der Waals surface area (Å²) in [5, 5.41) is 6.82. The van der Waals surface area contributed by atoms with Crippen molar-refractivity contribution in [3.8, 4) is 0 Å². The molecule has 21 heavy (non-hydrogen) atoms. The molecule has 0 saturated heterocycles. The second-order valence-electron chi connectivity index (χ2n) is 6.78. The Bertz CT molecular complexity index is 423. The smallest absolute Gasteiger partial charge is 0.138 e. The second kappa shape index (κ2) is 8.20. The molecule has 1 rings (SSSR count). The van der Waals surface area contributed by atoms with E-state index < -0.39 is 0 Å². The predicted octanol–water partition coefficient (Wildman–Crippen LogP) is 4.59. The average molecular weight is 292 g/mol. The Kier molecular flexibility index (Phi) is 6.93. The highest BCUT2D eigenvalue weighted by atomic mass is 15.1. The number of nitrogens with one attached hydrogen (secondary N) is 2. The van der Waals surface area contributed by atoms with Gasteiger partial charge in [0.05, 0.1) is 0 Å². The zero-order valence-electron chi connectivity index (χ0n) is 14.6. The topological polar surface area (TPSA) is 49.8 Å². The van der Waals surface area contributed by atoms with E-state index in [0.717, 1.165) is 24.0 Å². The first-order valence-electron chi connectivity index (χ1n) is 8.26. The molecule has 1 unspecified atom stereocenters. The molecule has 0 bridgehead atoms. The zero-order chi connectivity index (χ0) is 15.9. The van der Waals surface area contributed by atoms with Crippen LogP contribution in [-0.4, -0.2) is 22.6 Å². The maximum Gasteiger partial charge on any atom is 0.138 e. The average Bonchev–Trinajstić information content (AvgIpc) is 2.38. The first-order valence-corrected chi connectivity index (χ1v) is 8.26. The molecule has 1 aromatic heterocycles. The Balaban J connectivity index is 2.82. The summed E-state index contributed by atoms with van der Waals surface area (Å²) in [5.74, 6) is 2.71. The van der Waals surface area contributed by atoms with Gasteiger partial charge in [-0.1, -0.05) is 47.0 Å². The van der Waals surface area contributed by atoms with E-state index in [1.165, 1.54) is 25.7 Å². The summed E-state index contributed by atoms with van der Waals surface area (Å²) in [4.78, 5) is 9.31. The molecule has 0 radical (unpaired) electrons. The molecule has 0 aliphatic carbocycles. The van der Waals surface area contributed by atoms with Gasteiger partial charge >= 0.3 is 0 Å². The van der Waals surface area contributed by atoms with Gasteiger partial charge in [0.2, 0.25) is 0 Å². The molecular weight excluding hydrogens is 260 g/mol. The molecule has 0 fully saturated rings. The van der Waals surface area contributed by atoms with E-state index in [-0.39, 0.29) is 5.41 Å². The van der Waals surface area contributed by atoms with Gasteiger partial charge in [-0.05, 0) is 20.3 Å². The highest BCUT2D eigenvalue weighted by Crippen LogP contribution is 2.23. The van der Waals surface area contributed by atoms with Crippen molar-refractivity contribution in [2.45, 2.75) is 78.7 Å². The van der Waals surface area contributed by atoms with Crippen molar-refractivity contribution in [3.05, 3.63) is 11.9 Å². The van der Waals surface area contributed by atoms with E-state index in [1.807, 2.05) is 6.07 Å². The van der Waals surface area contributed by atoms with E-state index >= 15 is 0 Å². The predicted molar refractivity (Wildman–Crippen MR) is 92.1 cm³/mol. The lowest BCUT2D eigenvalue weighted by molar-refractivity contribution is 0.545. The molecule has 4 nitrogen and oxygen atoms in total. The fourth-order valence-corrected chi connectivity index (χ4v) is 2.15. The lowest BCUT2D eigenvalue weighted by atomic mass is 9.96. The number of anilines is 2. The number of unbranched alkanes of at least 4 members (excludes halogenated alkanes) is 2. The Morgan fingerprint density at radius 2 is 1.76 bits per heavy atom. The first kappa shape index (κ1) is 17.7. The summed E-state index contributed by atoms with van der Waals surface area (Å²) >= 11 is 0. The van der Waals surface area contributed by atoms with Crippen LogP contribution in [0, 0.1) is 0 Å². The molecule has 120 valence electrons. The van der Waals surface area contributed by atoms with Crippen LogP contribution in [0.1, 0.15) is 73.1 Å². The van der Waals surface area contributed by atoms with E-state index in [1.54, 1.807) is 0 Å². The van der Waals surface area contributed by atoms with Crippen LogP contribution in [0.3, 0.4) is 0 Å². The minimum atomic E-state index is -0.0483. The molecular formula is C17H32N4. The Morgan fingerprint density at radius 3 is 2.33 bits per heavy atom. The molecule has 0 spiro atoms. The van der Waals surface area contributed by atoms with Gasteiger partial charge in [0.1, 0.15) is 17.5 Å². The van der Waals surface area contributed by atoms with Crippen LogP contribution in [-0.2, 0) is 5.41 Å². The fourth-order valence-electron chi connectivity index (χ4n) is 2.15. The number of aromatic nitrogens is 2. The molecule has 1 heterocycles. The van der Waals surface area contributed by atoms with Gasteiger partial charge in [-0.3, -0.25) is 0 Å². The number of nitrogens with zero attached hydrogens (tertiary/aromatic N) is 2. The van der Waals surface area contributed by atoms with Crippen molar-refractivity contribution in [2.24, 2.45) is 0 Å². The number of hydrogen-bond donors (Lipinski definition) is 2. The van der Waals surface area contributed by atoms with Crippen molar-refractivity contribution in [1.29, 1.82) is 0 Å². The Labute approximate surface area is 130 Å². The van der Waals surface area contributed by atoms with Crippen LogP contribution in [0.15, 0.2) is 6.07 Å². The SMILES string of the molecule is CCCCCC(C)Nc1cc(NCC)nc(C(C)(C)C)n1. The summed E-state index contributed by atoms with van der Waals surface area (Å²) in [6.45, 7) is 13.8. The number of rotatable bonds is 8. The summed E-state index contributed by atoms with van der Waals surface area (Å²) in [6.07, 6.45) is 5.01. The lowest BCUT2D eigenvalue weighted by Gasteiger charge is -2.21. The molecule has 0 aromatic carbocycles. The molecule has 2 N–H and O–H groups in total. The third-order valence-electron chi connectivity index (χ3n) is 3.39. The fraction of sp³-hybridized carbons (Fsp3) is 0.765. The highest BCUT2D eigenvalue weighted by Gasteiger charge is 2.19. The van der Waals surface area contributed by atoms with Crippen molar-refractivity contribution in [3.63, 3.8) is 0 Å². The van der Waals surface area contributed by atoms with Crippen LogP contribution in [0.2, 0.25) is 0 Å². The van der Waals surface area contributed by atoms with Crippen LogP contribution < -0.4 is 10.6 Å². The van der Waals surface area contributed by atoms with E-state index in [4.69, 9.17) is 4.98 Å². The standard InChI is InChI=1S/C17H32N4/c1-7-9-10-11-13(3)19-15-12-14(18-8-2)20-16(21-15)17(4,5)6/h12-13H,7-11H2,1-6H3,(H2,18,19,20,21). The van der Waals surface area contributed by atoms with Crippen molar-refractivity contribution in [1.82, 2.24) is 9.97 Å². The maximum absolute atomic E-state index is 4.69. The molecule has 0 saturated carbocycles. The summed E-state index contributed by atoms with van der Waals surface area (Å²) < 4.78 is 0. The van der Waals surface area contributed by atoms with Gasteiger partial charge in [-0.25, -0.2) is 9.97 Å². The Hall–Kier alpha value is -1.32. The van der Waals surface area contributed by atoms with Crippen LogP contribution >= 0.6 is 0 Å².